The normalized spacial score (nSPS) is 17.2. The number of likely N-dealkylation sites (N-methyl/N-ethyl adjacent to an activating group) is 1. The first kappa shape index (κ1) is 18.4. The van der Waals surface area contributed by atoms with Gasteiger partial charge in [0.05, 0.1) is 24.5 Å². The molecule has 26 heavy (non-hydrogen) atoms. The molecule has 1 aromatic heterocycles. The van der Waals surface area contributed by atoms with Crippen molar-refractivity contribution in [3.05, 3.63) is 42.2 Å². The van der Waals surface area contributed by atoms with Crippen LogP contribution in [0.4, 0.5) is 11.4 Å². The summed E-state index contributed by atoms with van der Waals surface area (Å²) in [5.74, 6) is -0.124. The molecule has 140 valence electrons. The molecule has 9 heteroatoms. The summed E-state index contributed by atoms with van der Waals surface area (Å²) in [6, 6.07) is 7.08. The average molecular weight is 377 g/mol. The summed E-state index contributed by atoms with van der Waals surface area (Å²) in [4.78, 5) is 13.8. The van der Waals surface area contributed by atoms with Crippen LogP contribution in [0.1, 0.15) is 18.0 Å². The molecule has 1 atom stereocenters. The molecule has 2 heterocycles. The topological polar surface area (TPSA) is 87.5 Å². The highest BCUT2D eigenvalue weighted by Crippen LogP contribution is 2.38. The van der Waals surface area contributed by atoms with Crippen molar-refractivity contribution in [3.8, 4) is 0 Å². The molecule has 8 nitrogen and oxygen atoms in total. The quantitative estimate of drug-likeness (QED) is 0.844. The van der Waals surface area contributed by atoms with Crippen molar-refractivity contribution in [1.82, 2.24) is 14.7 Å². The van der Waals surface area contributed by atoms with Crippen molar-refractivity contribution in [2.45, 2.75) is 12.5 Å². The maximum Gasteiger partial charge on any atom is 0.238 e. The molecule has 1 aliphatic rings. The standard InChI is InChI=1S/C17H23N5O3S/c1-20(2)12-17(23)19-13-5-6-16-14(11-13)15(21-9-4-8-18-21)7-10-22(16)26(3,24)25/h4-6,8-9,11,15H,7,10,12H2,1-3H3,(H,19,23). The van der Waals surface area contributed by atoms with E-state index in [1.807, 2.05) is 37.1 Å². The van der Waals surface area contributed by atoms with Gasteiger partial charge in [0.25, 0.3) is 0 Å². The van der Waals surface area contributed by atoms with Crippen LogP contribution in [0.2, 0.25) is 0 Å². The summed E-state index contributed by atoms with van der Waals surface area (Å²) in [6.07, 6.45) is 5.38. The molecular weight excluding hydrogens is 354 g/mol. The largest absolute Gasteiger partial charge is 0.325 e. The van der Waals surface area contributed by atoms with E-state index in [2.05, 4.69) is 10.4 Å². The summed E-state index contributed by atoms with van der Waals surface area (Å²) < 4.78 is 27.5. The SMILES string of the molecule is CN(C)CC(=O)Nc1ccc2c(c1)C(n1cccn1)CCN2S(C)(=O)=O. The maximum absolute atomic E-state index is 12.2. The molecule has 0 spiro atoms. The van der Waals surface area contributed by atoms with E-state index >= 15 is 0 Å². The lowest BCUT2D eigenvalue weighted by Crippen LogP contribution is -2.37. The Morgan fingerprint density at radius 1 is 1.38 bits per heavy atom. The highest BCUT2D eigenvalue weighted by molar-refractivity contribution is 7.92. The number of anilines is 2. The molecule has 3 rings (SSSR count). The molecule has 2 aromatic rings. The van der Waals surface area contributed by atoms with Crippen LogP contribution >= 0.6 is 0 Å². The molecule has 1 aliphatic heterocycles. The van der Waals surface area contributed by atoms with Gasteiger partial charge >= 0.3 is 0 Å². The molecule has 0 radical (unpaired) electrons. The van der Waals surface area contributed by atoms with E-state index < -0.39 is 10.0 Å². The third kappa shape index (κ3) is 3.88. The fraction of sp³-hybridized carbons (Fsp3) is 0.412. The average Bonchev–Trinajstić information content (AvgIpc) is 3.06. The minimum Gasteiger partial charge on any atom is -0.325 e. The third-order valence-electron chi connectivity index (χ3n) is 4.25. The van der Waals surface area contributed by atoms with Crippen LogP contribution in [0.5, 0.6) is 0 Å². The molecule has 1 unspecified atom stereocenters. The lowest BCUT2D eigenvalue weighted by molar-refractivity contribution is -0.116. The summed E-state index contributed by atoms with van der Waals surface area (Å²) in [6.45, 7) is 0.665. The maximum atomic E-state index is 12.2. The van der Waals surface area contributed by atoms with Crippen molar-refractivity contribution in [2.24, 2.45) is 0 Å². The van der Waals surface area contributed by atoms with Crippen molar-refractivity contribution in [3.63, 3.8) is 0 Å². The number of sulfonamides is 1. The van der Waals surface area contributed by atoms with E-state index in [0.29, 0.717) is 24.3 Å². The first-order valence-corrected chi connectivity index (χ1v) is 10.2. The van der Waals surface area contributed by atoms with E-state index in [-0.39, 0.29) is 18.5 Å². The summed E-state index contributed by atoms with van der Waals surface area (Å²) in [7, 11) is 0.273. The lowest BCUT2D eigenvalue weighted by atomic mass is 9.97. The van der Waals surface area contributed by atoms with Crippen LogP contribution in [0.15, 0.2) is 36.7 Å². The Kier molecular flexibility index (Phi) is 5.01. The molecule has 0 fully saturated rings. The van der Waals surface area contributed by atoms with E-state index in [1.54, 1.807) is 23.2 Å². The zero-order chi connectivity index (χ0) is 18.9. The van der Waals surface area contributed by atoms with Gasteiger partial charge in [0, 0.05) is 30.2 Å². The summed E-state index contributed by atoms with van der Waals surface area (Å²) in [5.41, 5.74) is 2.10. The summed E-state index contributed by atoms with van der Waals surface area (Å²) >= 11 is 0. The molecule has 1 N–H and O–H groups in total. The molecule has 1 amide bonds. The highest BCUT2D eigenvalue weighted by atomic mass is 32.2. The fourth-order valence-corrected chi connectivity index (χ4v) is 4.17. The number of amides is 1. The van der Waals surface area contributed by atoms with E-state index in [1.165, 1.54) is 10.6 Å². The predicted octanol–water partition coefficient (Wildman–Crippen LogP) is 1.14. The van der Waals surface area contributed by atoms with Crippen LogP contribution in [-0.4, -0.2) is 62.4 Å². The zero-order valence-electron chi connectivity index (χ0n) is 15.1. The van der Waals surface area contributed by atoms with Crippen molar-refractivity contribution in [2.75, 3.05) is 43.1 Å². The minimum atomic E-state index is -3.37. The van der Waals surface area contributed by atoms with Gasteiger partial charge in [-0.25, -0.2) is 8.42 Å². The van der Waals surface area contributed by atoms with Crippen LogP contribution in [-0.2, 0) is 14.8 Å². The van der Waals surface area contributed by atoms with Crippen molar-refractivity contribution in [1.29, 1.82) is 0 Å². The molecule has 0 saturated carbocycles. The highest BCUT2D eigenvalue weighted by Gasteiger charge is 2.31. The first-order chi connectivity index (χ1) is 12.3. The monoisotopic (exact) mass is 377 g/mol. The molecule has 1 aromatic carbocycles. The summed E-state index contributed by atoms with van der Waals surface area (Å²) in [5, 5.41) is 7.18. The predicted molar refractivity (Wildman–Crippen MR) is 101 cm³/mol. The minimum absolute atomic E-state index is 0.0799. The second-order valence-corrected chi connectivity index (χ2v) is 8.59. The van der Waals surface area contributed by atoms with Crippen LogP contribution in [0.25, 0.3) is 0 Å². The van der Waals surface area contributed by atoms with Crippen LogP contribution in [0, 0.1) is 0 Å². The molecular formula is C17H23N5O3S. The second-order valence-electron chi connectivity index (χ2n) is 6.69. The number of benzene rings is 1. The van der Waals surface area contributed by atoms with E-state index in [9.17, 15) is 13.2 Å². The van der Waals surface area contributed by atoms with Gasteiger partial charge in [0.2, 0.25) is 15.9 Å². The van der Waals surface area contributed by atoms with Gasteiger partial charge in [-0.05, 0) is 44.8 Å². The van der Waals surface area contributed by atoms with Crippen LogP contribution < -0.4 is 9.62 Å². The smallest absolute Gasteiger partial charge is 0.238 e. The number of carbonyl (C=O) groups is 1. The van der Waals surface area contributed by atoms with Gasteiger partial charge < -0.3 is 10.2 Å². The third-order valence-corrected chi connectivity index (χ3v) is 5.43. The number of hydrogen-bond donors (Lipinski definition) is 1. The number of carbonyl (C=O) groups excluding carboxylic acids is 1. The Hall–Kier alpha value is -2.39. The lowest BCUT2D eigenvalue weighted by Gasteiger charge is -2.34. The van der Waals surface area contributed by atoms with Gasteiger partial charge in [-0.15, -0.1) is 0 Å². The number of nitrogens with one attached hydrogen (secondary N) is 1. The number of aromatic nitrogens is 2. The second kappa shape index (κ2) is 7.08. The Morgan fingerprint density at radius 2 is 2.15 bits per heavy atom. The van der Waals surface area contributed by atoms with Gasteiger partial charge in [-0.2, -0.15) is 5.10 Å². The van der Waals surface area contributed by atoms with Gasteiger partial charge in [-0.1, -0.05) is 0 Å². The molecule has 0 aliphatic carbocycles. The molecule has 0 saturated heterocycles. The van der Waals surface area contributed by atoms with Gasteiger partial charge in [0.1, 0.15) is 0 Å². The van der Waals surface area contributed by atoms with Crippen molar-refractivity contribution >= 4 is 27.3 Å². The first-order valence-electron chi connectivity index (χ1n) is 8.31. The van der Waals surface area contributed by atoms with E-state index in [4.69, 9.17) is 0 Å². The zero-order valence-corrected chi connectivity index (χ0v) is 15.9. The number of rotatable bonds is 5. The van der Waals surface area contributed by atoms with Gasteiger partial charge in [0.15, 0.2) is 0 Å². The van der Waals surface area contributed by atoms with E-state index in [0.717, 1.165) is 5.56 Å². The Labute approximate surface area is 153 Å². The Bertz CT molecular complexity index is 893. The van der Waals surface area contributed by atoms with Gasteiger partial charge in [-0.3, -0.25) is 13.8 Å². The molecule has 0 bridgehead atoms. The number of nitrogens with zero attached hydrogens (tertiary/aromatic N) is 4. The number of hydrogen-bond acceptors (Lipinski definition) is 5. The Balaban J connectivity index is 1.99. The fourth-order valence-electron chi connectivity index (χ4n) is 3.21. The van der Waals surface area contributed by atoms with Crippen LogP contribution in [0.3, 0.4) is 0 Å². The number of fused-ring (bicyclic) bond motifs is 1. The Morgan fingerprint density at radius 3 is 2.77 bits per heavy atom. The van der Waals surface area contributed by atoms with Crippen molar-refractivity contribution < 1.29 is 13.2 Å².